The third-order valence-electron chi connectivity index (χ3n) is 5.93. The Morgan fingerprint density at radius 3 is 2.11 bits per heavy atom. The first-order valence-corrected chi connectivity index (χ1v) is 13.8. The number of rotatable bonds is 10. The van der Waals surface area contributed by atoms with E-state index in [0.717, 1.165) is 19.9 Å². The number of sulfonamides is 1. The SMILES string of the molecule is CNC(=O)[C@H](C)N(Cc1ccc(Br)cc1)C(=O)CN(c1ccc(C)cc1)S(=O)(=O)c1ccc(OC)cc1. The Bertz CT molecular complexity index is 1330. The highest BCUT2D eigenvalue weighted by atomic mass is 79.9. The van der Waals surface area contributed by atoms with E-state index in [4.69, 9.17) is 4.74 Å². The van der Waals surface area contributed by atoms with Gasteiger partial charge < -0.3 is 15.0 Å². The van der Waals surface area contributed by atoms with Gasteiger partial charge in [-0.1, -0.05) is 45.8 Å². The van der Waals surface area contributed by atoms with E-state index in [9.17, 15) is 18.0 Å². The summed E-state index contributed by atoms with van der Waals surface area (Å²) in [6, 6.07) is 19.4. The molecule has 0 bridgehead atoms. The molecule has 0 saturated heterocycles. The monoisotopic (exact) mass is 587 g/mol. The molecule has 0 spiro atoms. The highest BCUT2D eigenvalue weighted by Crippen LogP contribution is 2.26. The molecule has 3 rings (SSSR count). The molecule has 0 aliphatic rings. The third-order valence-corrected chi connectivity index (χ3v) is 8.24. The summed E-state index contributed by atoms with van der Waals surface area (Å²) < 4.78 is 34.6. The van der Waals surface area contributed by atoms with Crippen molar-refractivity contribution in [3.05, 3.63) is 88.4 Å². The molecule has 3 aromatic carbocycles. The summed E-state index contributed by atoms with van der Waals surface area (Å²) in [6.07, 6.45) is 0. The molecule has 2 amide bonds. The summed E-state index contributed by atoms with van der Waals surface area (Å²) in [4.78, 5) is 27.6. The maximum Gasteiger partial charge on any atom is 0.264 e. The average molecular weight is 589 g/mol. The van der Waals surface area contributed by atoms with Crippen molar-refractivity contribution < 1.29 is 22.7 Å². The van der Waals surface area contributed by atoms with Crippen molar-refractivity contribution in [3.8, 4) is 5.75 Å². The van der Waals surface area contributed by atoms with Crippen LogP contribution in [0.25, 0.3) is 0 Å². The van der Waals surface area contributed by atoms with Gasteiger partial charge in [-0.25, -0.2) is 8.42 Å². The number of aryl methyl sites for hydroxylation is 1. The number of methoxy groups -OCH3 is 1. The molecule has 0 aliphatic carbocycles. The molecule has 8 nitrogen and oxygen atoms in total. The third kappa shape index (κ3) is 6.90. The van der Waals surface area contributed by atoms with Crippen LogP contribution in [0.15, 0.2) is 82.2 Å². The standard InChI is InChI=1S/C27H30BrN3O5S/c1-19-5-11-23(12-6-19)31(37(34,35)25-15-13-24(36-4)14-16-25)18-26(32)30(20(2)27(33)29-3)17-21-7-9-22(28)10-8-21/h5-16,20H,17-18H2,1-4H3,(H,29,33)/t20-/m0/s1. The van der Waals surface area contributed by atoms with E-state index in [1.807, 2.05) is 31.2 Å². The summed E-state index contributed by atoms with van der Waals surface area (Å²) in [5, 5.41) is 2.57. The number of halogens is 1. The summed E-state index contributed by atoms with van der Waals surface area (Å²) in [6.45, 7) is 3.15. The second-order valence-electron chi connectivity index (χ2n) is 8.46. The van der Waals surface area contributed by atoms with Gasteiger partial charge in [-0.3, -0.25) is 13.9 Å². The predicted octanol–water partition coefficient (Wildman–Crippen LogP) is 4.12. The number of amides is 2. The summed E-state index contributed by atoms with van der Waals surface area (Å²) >= 11 is 3.39. The van der Waals surface area contributed by atoms with Crippen LogP contribution < -0.4 is 14.4 Å². The normalized spacial score (nSPS) is 11.9. The Morgan fingerprint density at radius 1 is 0.973 bits per heavy atom. The van der Waals surface area contributed by atoms with Gasteiger partial charge in [-0.2, -0.15) is 0 Å². The Morgan fingerprint density at radius 2 is 1.57 bits per heavy atom. The Balaban J connectivity index is 2.01. The van der Waals surface area contributed by atoms with Crippen LogP contribution in [-0.4, -0.2) is 51.9 Å². The molecule has 3 aromatic rings. The van der Waals surface area contributed by atoms with Crippen molar-refractivity contribution in [2.45, 2.75) is 31.3 Å². The molecule has 0 saturated carbocycles. The van der Waals surface area contributed by atoms with Gasteiger partial charge in [0.25, 0.3) is 10.0 Å². The molecule has 0 unspecified atom stereocenters. The van der Waals surface area contributed by atoms with Crippen LogP contribution in [0.5, 0.6) is 5.75 Å². The van der Waals surface area contributed by atoms with Gasteiger partial charge in [0.1, 0.15) is 18.3 Å². The molecule has 196 valence electrons. The summed E-state index contributed by atoms with van der Waals surface area (Å²) in [5.74, 6) is -0.362. The predicted molar refractivity (Wildman–Crippen MR) is 147 cm³/mol. The van der Waals surface area contributed by atoms with Crippen molar-refractivity contribution >= 4 is 43.5 Å². The number of likely N-dealkylation sites (N-methyl/N-ethyl adjacent to an activating group) is 1. The first-order chi connectivity index (χ1) is 17.6. The number of hydrogen-bond acceptors (Lipinski definition) is 5. The molecule has 1 N–H and O–H groups in total. The van der Waals surface area contributed by atoms with Crippen LogP contribution in [0.2, 0.25) is 0 Å². The van der Waals surface area contributed by atoms with Gasteiger partial charge >= 0.3 is 0 Å². The number of benzene rings is 3. The number of nitrogens with zero attached hydrogens (tertiary/aromatic N) is 2. The molecular formula is C27H30BrN3O5S. The van der Waals surface area contributed by atoms with E-state index in [1.54, 1.807) is 43.3 Å². The Kier molecular flexibility index (Phi) is 9.34. The van der Waals surface area contributed by atoms with Crippen LogP contribution in [0.4, 0.5) is 5.69 Å². The van der Waals surface area contributed by atoms with E-state index in [2.05, 4.69) is 21.2 Å². The highest BCUT2D eigenvalue weighted by Gasteiger charge is 2.32. The lowest BCUT2D eigenvalue weighted by molar-refractivity contribution is -0.139. The molecule has 0 aliphatic heterocycles. The van der Waals surface area contributed by atoms with Crippen molar-refractivity contribution in [1.29, 1.82) is 0 Å². The first kappa shape index (κ1) is 28.2. The number of anilines is 1. The van der Waals surface area contributed by atoms with Crippen molar-refractivity contribution in [2.75, 3.05) is 25.0 Å². The van der Waals surface area contributed by atoms with Crippen LogP contribution in [-0.2, 0) is 26.2 Å². The van der Waals surface area contributed by atoms with Gasteiger partial charge in [0.05, 0.1) is 17.7 Å². The number of carbonyl (C=O) groups is 2. The van der Waals surface area contributed by atoms with E-state index in [0.29, 0.717) is 11.4 Å². The molecule has 1 atom stereocenters. The first-order valence-electron chi connectivity index (χ1n) is 11.6. The van der Waals surface area contributed by atoms with Crippen molar-refractivity contribution in [1.82, 2.24) is 10.2 Å². The largest absolute Gasteiger partial charge is 0.497 e. The molecule has 0 aromatic heterocycles. The highest BCUT2D eigenvalue weighted by molar-refractivity contribution is 9.10. The minimum Gasteiger partial charge on any atom is -0.497 e. The van der Waals surface area contributed by atoms with Crippen molar-refractivity contribution in [2.24, 2.45) is 0 Å². The van der Waals surface area contributed by atoms with Crippen LogP contribution in [0.1, 0.15) is 18.1 Å². The van der Waals surface area contributed by atoms with Gasteiger partial charge in [0.2, 0.25) is 11.8 Å². The van der Waals surface area contributed by atoms with Gasteiger partial charge in [-0.05, 0) is 67.9 Å². The van der Waals surface area contributed by atoms with Crippen molar-refractivity contribution in [3.63, 3.8) is 0 Å². The second-order valence-corrected chi connectivity index (χ2v) is 11.2. The van der Waals surface area contributed by atoms with Crippen LogP contribution >= 0.6 is 15.9 Å². The fourth-order valence-corrected chi connectivity index (χ4v) is 5.37. The maximum atomic E-state index is 13.8. The molecule has 0 fully saturated rings. The average Bonchev–Trinajstić information content (AvgIpc) is 2.91. The van der Waals surface area contributed by atoms with Gasteiger partial charge in [0, 0.05) is 18.1 Å². The smallest absolute Gasteiger partial charge is 0.264 e. The Labute approximate surface area is 226 Å². The fourth-order valence-electron chi connectivity index (χ4n) is 3.69. The zero-order valence-corrected chi connectivity index (χ0v) is 23.5. The molecule has 10 heteroatoms. The van der Waals surface area contributed by atoms with E-state index in [1.165, 1.54) is 31.2 Å². The Hall–Kier alpha value is -3.37. The number of nitrogens with one attached hydrogen (secondary N) is 1. The van der Waals surface area contributed by atoms with Gasteiger partial charge in [-0.15, -0.1) is 0 Å². The lowest BCUT2D eigenvalue weighted by Gasteiger charge is -2.31. The molecular weight excluding hydrogens is 558 g/mol. The fraction of sp³-hybridized carbons (Fsp3) is 0.259. The number of ether oxygens (including phenoxy) is 1. The summed E-state index contributed by atoms with van der Waals surface area (Å²) in [7, 11) is -1.14. The molecule has 0 radical (unpaired) electrons. The topological polar surface area (TPSA) is 96.0 Å². The zero-order chi connectivity index (χ0) is 27.2. The van der Waals surface area contributed by atoms with Crippen LogP contribution in [0, 0.1) is 6.92 Å². The van der Waals surface area contributed by atoms with E-state index >= 15 is 0 Å². The molecule has 37 heavy (non-hydrogen) atoms. The number of carbonyl (C=O) groups excluding carboxylic acids is 2. The molecule has 0 heterocycles. The number of hydrogen-bond donors (Lipinski definition) is 1. The lowest BCUT2D eigenvalue weighted by Crippen LogP contribution is -2.50. The lowest BCUT2D eigenvalue weighted by atomic mass is 10.1. The maximum absolute atomic E-state index is 13.8. The van der Waals surface area contributed by atoms with E-state index in [-0.39, 0.29) is 17.3 Å². The zero-order valence-electron chi connectivity index (χ0n) is 21.1. The minimum atomic E-state index is -4.13. The quantitative estimate of drug-likeness (QED) is 0.385. The van der Waals surface area contributed by atoms with Crippen LogP contribution in [0.3, 0.4) is 0 Å². The van der Waals surface area contributed by atoms with Gasteiger partial charge in [0.15, 0.2) is 0 Å². The van der Waals surface area contributed by atoms with E-state index < -0.39 is 28.5 Å². The summed E-state index contributed by atoms with van der Waals surface area (Å²) in [5.41, 5.74) is 2.08. The minimum absolute atomic E-state index is 0.0143. The second kappa shape index (κ2) is 12.2.